The number of hydrogen-bond acceptors (Lipinski definition) is 1. The molecule has 0 N–H and O–H groups in total. The largest absolute Gasteiger partial charge is 0.303 e. The minimum Gasteiger partial charge on any atom is -0.303 e. The van der Waals surface area contributed by atoms with E-state index in [1.54, 1.807) is 0 Å². The fourth-order valence-electron chi connectivity index (χ4n) is 2.38. The number of hydrogen-bond donors (Lipinski definition) is 0. The Morgan fingerprint density at radius 1 is 0.864 bits per heavy atom. The summed E-state index contributed by atoms with van der Waals surface area (Å²) in [6.45, 7) is 16.7. The standard InChI is InChI=1S/C11H20O.C10H18/c1-10(2)9-11(3)7-5-4-6-8-12;1-5-6-7-10(4)8-9(2)3/h8-9,11H,4-7H2,1-3H3;5,8,10H,1,6-7H2,2-4H3. The second kappa shape index (κ2) is 16.3. The molecule has 0 rings (SSSR count). The van der Waals surface area contributed by atoms with E-state index >= 15 is 0 Å². The van der Waals surface area contributed by atoms with E-state index in [0.717, 1.165) is 25.5 Å². The molecule has 1 nitrogen and oxygen atoms in total. The molecular formula is C21H38O. The number of carbonyl (C=O) groups is 1. The third kappa shape index (κ3) is 21.2. The van der Waals surface area contributed by atoms with Crippen LogP contribution in [-0.4, -0.2) is 6.29 Å². The highest BCUT2D eigenvalue weighted by Gasteiger charge is 1.97. The van der Waals surface area contributed by atoms with Crippen molar-refractivity contribution in [3.8, 4) is 0 Å². The molecule has 0 aromatic carbocycles. The Kier molecular flexibility index (Phi) is 17.1. The Morgan fingerprint density at radius 3 is 1.77 bits per heavy atom. The lowest BCUT2D eigenvalue weighted by molar-refractivity contribution is -0.107. The molecule has 0 aromatic heterocycles. The van der Waals surface area contributed by atoms with Crippen molar-refractivity contribution >= 4 is 6.29 Å². The molecule has 0 saturated heterocycles. The average molecular weight is 307 g/mol. The van der Waals surface area contributed by atoms with E-state index in [1.807, 2.05) is 6.08 Å². The van der Waals surface area contributed by atoms with Crippen molar-refractivity contribution < 1.29 is 4.79 Å². The summed E-state index contributed by atoms with van der Waals surface area (Å²) in [4.78, 5) is 10.0. The van der Waals surface area contributed by atoms with Gasteiger partial charge >= 0.3 is 0 Å². The molecule has 0 heterocycles. The molecule has 128 valence electrons. The first-order valence-corrected chi connectivity index (χ1v) is 8.68. The summed E-state index contributed by atoms with van der Waals surface area (Å²) in [6, 6.07) is 0. The lowest BCUT2D eigenvalue weighted by Gasteiger charge is -2.05. The van der Waals surface area contributed by atoms with Crippen molar-refractivity contribution in [1.29, 1.82) is 0 Å². The summed E-state index contributed by atoms with van der Waals surface area (Å²) >= 11 is 0. The van der Waals surface area contributed by atoms with Crippen LogP contribution in [0.25, 0.3) is 0 Å². The van der Waals surface area contributed by atoms with Crippen molar-refractivity contribution in [3.05, 3.63) is 36.0 Å². The van der Waals surface area contributed by atoms with Gasteiger partial charge in [0.1, 0.15) is 6.29 Å². The smallest absolute Gasteiger partial charge is 0.119 e. The zero-order valence-electron chi connectivity index (χ0n) is 15.8. The highest BCUT2D eigenvalue weighted by molar-refractivity contribution is 5.48. The van der Waals surface area contributed by atoms with E-state index in [2.05, 4.69) is 60.3 Å². The van der Waals surface area contributed by atoms with Gasteiger partial charge in [0.2, 0.25) is 0 Å². The van der Waals surface area contributed by atoms with Gasteiger partial charge in [-0.15, -0.1) is 6.58 Å². The highest BCUT2D eigenvalue weighted by Crippen LogP contribution is 2.12. The van der Waals surface area contributed by atoms with Gasteiger partial charge in [-0.05, 0) is 65.2 Å². The summed E-state index contributed by atoms with van der Waals surface area (Å²) < 4.78 is 0. The summed E-state index contributed by atoms with van der Waals surface area (Å²) in [5, 5.41) is 0. The molecular weight excluding hydrogens is 268 g/mol. The Bertz CT molecular complexity index is 328. The molecule has 0 aromatic rings. The van der Waals surface area contributed by atoms with Crippen molar-refractivity contribution in [2.24, 2.45) is 11.8 Å². The quantitative estimate of drug-likeness (QED) is 0.243. The number of allylic oxidation sites excluding steroid dienone is 5. The van der Waals surface area contributed by atoms with E-state index in [9.17, 15) is 4.79 Å². The molecule has 0 aliphatic heterocycles. The summed E-state index contributed by atoms with van der Waals surface area (Å²) in [5.74, 6) is 1.38. The maximum Gasteiger partial charge on any atom is 0.119 e. The van der Waals surface area contributed by atoms with E-state index < -0.39 is 0 Å². The molecule has 0 amide bonds. The van der Waals surface area contributed by atoms with Crippen LogP contribution in [-0.2, 0) is 4.79 Å². The number of aldehydes is 1. The Hall–Kier alpha value is -1.11. The monoisotopic (exact) mass is 306 g/mol. The summed E-state index contributed by atoms with van der Waals surface area (Å²) in [7, 11) is 0. The van der Waals surface area contributed by atoms with Crippen LogP contribution in [0.1, 0.15) is 80.1 Å². The van der Waals surface area contributed by atoms with Crippen molar-refractivity contribution in [1.82, 2.24) is 0 Å². The number of carbonyl (C=O) groups excluding carboxylic acids is 1. The van der Waals surface area contributed by atoms with Crippen LogP contribution in [0.5, 0.6) is 0 Å². The van der Waals surface area contributed by atoms with Crippen LogP contribution in [0.2, 0.25) is 0 Å². The van der Waals surface area contributed by atoms with Gasteiger partial charge in [0, 0.05) is 6.42 Å². The normalized spacial score (nSPS) is 12.3. The molecule has 0 bridgehead atoms. The summed E-state index contributed by atoms with van der Waals surface area (Å²) in [6.07, 6.45) is 14.1. The van der Waals surface area contributed by atoms with Gasteiger partial charge in [0.15, 0.2) is 0 Å². The third-order valence-electron chi connectivity index (χ3n) is 3.29. The van der Waals surface area contributed by atoms with Gasteiger partial charge in [0.05, 0.1) is 0 Å². The second-order valence-corrected chi connectivity index (χ2v) is 6.76. The van der Waals surface area contributed by atoms with Gasteiger partial charge in [-0.2, -0.15) is 0 Å². The van der Waals surface area contributed by atoms with Gasteiger partial charge in [-0.3, -0.25) is 0 Å². The lowest BCUT2D eigenvalue weighted by atomic mass is 10.0. The minimum absolute atomic E-state index is 0.668. The molecule has 22 heavy (non-hydrogen) atoms. The minimum atomic E-state index is 0.668. The second-order valence-electron chi connectivity index (χ2n) is 6.76. The predicted octanol–water partition coefficient (Wildman–Crippen LogP) is 6.90. The predicted molar refractivity (Wildman–Crippen MR) is 101 cm³/mol. The SMILES string of the molecule is C=CCCC(C)C=C(C)C.CC(C)=CC(C)CCCCC=O. The van der Waals surface area contributed by atoms with Crippen molar-refractivity contribution in [2.75, 3.05) is 0 Å². The van der Waals surface area contributed by atoms with Crippen LogP contribution in [0.3, 0.4) is 0 Å². The molecule has 1 heteroatoms. The number of unbranched alkanes of at least 4 members (excludes halogenated alkanes) is 2. The topological polar surface area (TPSA) is 17.1 Å². The Morgan fingerprint density at radius 2 is 1.36 bits per heavy atom. The molecule has 0 spiro atoms. The van der Waals surface area contributed by atoms with Gasteiger partial charge < -0.3 is 4.79 Å². The van der Waals surface area contributed by atoms with E-state index in [-0.39, 0.29) is 0 Å². The first-order chi connectivity index (χ1) is 10.3. The Labute approximate surface area is 139 Å². The Balaban J connectivity index is 0. The van der Waals surface area contributed by atoms with E-state index in [0.29, 0.717) is 11.8 Å². The first kappa shape index (κ1) is 23.2. The van der Waals surface area contributed by atoms with E-state index in [1.165, 1.54) is 30.4 Å². The van der Waals surface area contributed by atoms with Crippen LogP contribution in [0.4, 0.5) is 0 Å². The van der Waals surface area contributed by atoms with Crippen LogP contribution in [0, 0.1) is 11.8 Å². The highest BCUT2D eigenvalue weighted by atomic mass is 16.1. The molecule has 2 atom stereocenters. The van der Waals surface area contributed by atoms with Gasteiger partial charge in [-0.1, -0.05) is 49.6 Å². The molecule has 0 fully saturated rings. The lowest BCUT2D eigenvalue weighted by Crippen LogP contribution is -1.90. The van der Waals surface area contributed by atoms with Crippen LogP contribution in [0.15, 0.2) is 36.0 Å². The van der Waals surface area contributed by atoms with Crippen LogP contribution >= 0.6 is 0 Å². The maximum atomic E-state index is 10.0. The third-order valence-corrected chi connectivity index (χ3v) is 3.29. The molecule has 0 saturated carbocycles. The maximum absolute atomic E-state index is 10.0. The number of rotatable bonds is 10. The van der Waals surface area contributed by atoms with Crippen molar-refractivity contribution in [2.45, 2.75) is 80.1 Å². The van der Waals surface area contributed by atoms with Crippen LogP contribution < -0.4 is 0 Å². The first-order valence-electron chi connectivity index (χ1n) is 8.68. The van der Waals surface area contributed by atoms with Crippen molar-refractivity contribution in [3.63, 3.8) is 0 Å². The molecule has 0 aliphatic rings. The fourth-order valence-corrected chi connectivity index (χ4v) is 2.38. The molecule has 2 unspecified atom stereocenters. The fraction of sp³-hybridized carbons (Fsp3) is 0.667. The van der Waals surface area contributed by atoms with Gasteiger partial charge in [0.25, 0.3) is 0 Å². The molecule has 0 aliphatic carbocycles. The zero-order valence-corrected chi connectivity index (χ0v) is 15.8. The average Bonchev–Trinajstić information content (AvgIpc) is 2.40. The molecule has 0 radical (unpaired) electrons. The zero-order chi connectivity index (χ0) is 17.4. The summed E-state index contributed by atoms with van der Waals surface area (Å²) in [5.41, 5.74) is 2.80. The van der Waals surface area contributed by atoms with Gasteiger partial charge in [-0.25, -0.2) is 0 Å². The van der Waals surface area contributed by atoms with E-state index in [4.69, 9.17) is 0 Å².